The van der Waals surface area contributed by atoms with E-state index < -0.39 is 7.14 Å². The molecule has 0 unspecified atom stereocenters. The van der Waals surface area contributed by atoms with Gasteiger partial charge in [0.15, 0.2) is 7.14 Å². The minimum absolute atomic E-state index is 0.0706. The molecule has 0 fully saturated rings. The van der Waals surface area contributed by atoms with Crippen LogP contribution >= 0.6 is 7.14 Å². The van der Waals surface area contributed by atoms with Crippen molar-refractivity contribution < 1.29 is 9.67 Å². The third-order valence-corrected chi connectivity index (χ3v) is 7.19. The predicted octanol–water partition coefficient (Wildman–Crippen LogP) is 4.54. The molecule has 0 aliphatic heterocycles. The number of rotatable bonds is 5. The molecule has 0 amide bonds. The third-order valence-electron chi connectivity index (χ3n) is 4.15. The van der Waals surface area contributed by atoms with E-state index in [2.05, 4.69) is 0 Å². The number of aliphatic hydroxyl groups excluding tert-OH is 1. The molecule has 0 bridgehead atoms. The fraction of sp³-hybridized carbons (Fsp3) is 0.0455. The van der Waals surface area contributed by atoms with Gasteiger partial charge in [0.1, 0.15) is 17.1 Å². The average molecular weight is 359 g/mol. The second kappa shape index (κ2) is 7.87. The predicted molar refractivity (Wildman–Crippen MR) is 105 cm³/mol. The van der Waals surface area contributed by atoms with E-state index in [0.29, 0.717) is 10.6 Å². The van der Waals surface area contributed by atoms with Gasteiger partial charge in [-0.05, 0) is 5.56 Å². The molecule has 0 spiro atoms. The maximum atomic E-state index is 14.1. The first-order valence-electron chi connectivity index (χ1n) is 8.24. The summed E-state index contributed by atoms with van der Waals surface area (Å²) >= 11 is 0. The number of hydrogen-bond donors (Lipinski definition) is 1. The molecule has 0 heterocycles. The Kier molecular flexibility index (Phi) is 5.37. The van der Waals surface area contributed by atoms with Gasteiger partial charge >= 0.3 is 0 Å². The molecule has 0 radical (unpaired) electrons. The zero-order valence-corrected chi connectivity index (χ0v) is 15.0. The highest BCUT2D eigenvalue weighted by atomic mass is 31.2. The number of aliphatic hydroxyl groups is 1. The highest BCUT2D eigenvalue weighted by Crippen LogP contribution is 2.52. The van der Waals surface area contributed by atoms with Gasteiger partial charge in [0.05, 0.1) is 0 Å². The molecule has 0 saturated heterocycles. The standard InChI is InChI=1S/C22H18NO2P/c23-17-22(21(24)16-18-10-4-1-5-11-18)26(25,19-12-6-2-7-13-19)20-14-8-3-9-15-20/h1-15,24H,16H2/b22-21+. The first-order valence-corrected chi connectivity index (χ1v) is 9.95. The Hall–Kier alpha value is -3.08. The van der Waals surface area contributed by atoms with Gasteiger partial charge in [-0.15, -0.1) is 0 Å². The molecular weight excluding hydrogens is 341 g/mol. The average Bonchev–Trinajstić information content (AvgIpc) is 2.70. The highest BCUT2D eigenvalue weighted by molar-refractivity contribution is 7.82. The lowest BCUT2D eigenvalue weighted by atomic mass is 10.1. The minimum Gasteiger partial charge on any atom is -0.510 e. The van der Waals surface area contributed by atoms with E-state index in [1.54, 1.807) is 48.5 Å². The Morgan fingerprint density at radius 2 is 1.23 bits per heavy atom. The number of nitrogens with zero attached hydrogens (tertiary/aromatic N) is 1. The first-order chi connectivity index (χ1) is 12.7. The second-order valence-electron chi connectivity index (χ2n) is 5.85. The number of benzene rings is 3. The lowest BCUT2D eigenvalue weighted by Crippen LogP contribution is -2.18. The van der Waals surface area contributed by atoms with Crippen molar-refractivity contribution in [2.45, 2.75) is 6.42 Å². The van der Waals surface area contributed by atoms with Crippen LogP contribution in [0.5, 0.6) is 0 Å². The summed E-state index contributed by atoms with van der Waals surface area (Å²) in [5, 5.41) is 21.5. The molecule has 4 heteroatoms. The van der Waals surface area contributed by atoms with Gasteiger partial charge in [0.25, 0.3) is 0 Å². The Balaban J connectivity index is 2.19. The maximum Gasteiger partial charge on any atom is 0.184 e. The third kappa shape index (κ3) is 3.47. The van der Waals surface area contributed by atoms with Crippen molar-refractivity contribution in [3.05, 3.63) is 108 Å². The van der Waals surface area contributed by atoms with Crippen LogP contribution in [0.3, 0.4) is 0 Å². The largest absolute Gasteiger partial charge is 0.510 e. The topological polar surface area (TPSA) is 61.1 Å². The van der Waals surface area contributed by atoms with Gasteiger partial charge in [-0.25, -0.2) is 0 Å². The Labute approximate surface area is 153 Å². The van der Waals surface area contributed by atoms with Crippen LogP contribution < -0.4 is 10.6 Å². The normalized spacial score (nSPS) is 12.1. The smallest absolute Gasteiger partial charge is 0.184 e. The molecule has 26 heavy (non-hydrogen) atoms. The second-order valence-corrected chi connectivity index (χ2v) is 8.55. The maximum absolute atomic E-state index is 14.1. The summed E-state index contributed by atoms with van der Waals surface area (Å²) in [6, 6.07) is 29.1. The van der Waals surface area contributed by atoms with E-state index in [9.17, 15) is 14.9 Å². The number of allylic oxidation sites excluding steroid dienone is 2. The molecule has 0 saturated carbocycles. The Bertz CT molecular complexity index is 947. The van der Waals surface area contributed by atoms with E-state index in [1.807, 2.05) is 48.5 Å². The van der Waals surface area contributed by atoms with Gasteiger partial charge in [0, 0.05) is 17.0 Å². The van der Waals surface area contributed by atoms with Crippen molar-refractivity contribution in [3.8, 4) is 6.07 Å². The summed E-state index contributed by atoms with van der Waals surface area (Å²) in [5.74, 6) is -0.158. The van der Waals surface area contributed by atoms with E-state index in [4.69, 9.17) is 0 Å². The van der Waals surface area contributed by atoms with Crippen LogP contribution in [-0.2, 0) is 11.0 Å². The van der Waals surface area contributed by atoms with E-state index in [0.717, 1.165) is 5.56 Å². The first kappa shape index (κ1) is 17.7. The van der Waals surface area contributed by atoms with Crippen LogP contribution in [0, 0.1) is 11.3 Å². The van der Waals surface area contributed by atoms with Crippen molar-refractivity contribution in [1.29, 1.82) is 5.26 Å². The van der Waals surface area contributed by atoms with Crippen molar-refractivity contribution in [2.24, 2.45) is 0 Å². The molecule has 1 N–H and O–H groups in total. The Morgan fingerprint density at radius 1 is 0.808 bits per heavy atom. The van der Waals surface area contributed by atoms with Crippen LogP contribution in [0.2, 0.25) is 0 Å². The highest BCUT2D eigenvalue weighted by Gasteiger charge is 2.34. The summed E-state index contributed by atoms with van der Waals surface area (Å²) < 4.78 is 14.1. The van der Waals surface area contributed by atoms with Gasteiger partial charge in [-0.3, -0.25) is 0 Å². The lowest BCUT2D eigenvalue weighted by molar-refractivity contribution is 0.397. The van der Waals surface area contributed by atoms with Gasteiger partial charge in [-0.1, -0.05) is 91.0 Å². The van der Waals surface area contributed by atoms with Gasteiger partial charge in [0.2, 0.25) is 0 Å². The van der Waals surface area contributed by atoms with Gasteiger partial charge in [-0.2, -0.15) is 5.26 Å². The van der Waals surface area contributed by atoms with E-state index in [1.165, 1.54) is 0 Å². The zero-order valence-electron chi connectivity index (χ0n) is 14.1. The molecule has 128 valence electrons. The fourth-order valence-corrected chi connectivity index (χ4v) is 5.45. The Morgan fingerprint density at radius 3 is 1.65 bits per heavy atom. The molecule has 3 aromatic rings. The zero-order chi connectivity index (χ0) is 18.4. The summed E-state index contributed by atoms with van der Waals surface area (Å²) in [4.78, 5) is 0. The summed E-state index contributed by atoms with van der Waals surface area (Å²) in [6.45, 7) is 0. The van der Waals surface area contributed by atoms with Crippen molar-refractivity contribution in [3.63, 3.8) is 0 Å². The number of nitriles is 1. The molecule has 3 aromatic carbocycles. The molecule has 0 atom stereocenters. The van der Waals surface area contributed by atoms with E-state index in [-0.39, 0.29) is 17.5 Å². The summed E-state index contributed by atoms with van der Waals surface area (Å²) in [5.41, 5.74) is 0.852. The quantitative estimate of drug-likeness (QED) is 0.413. The summed E-state index contributed by atoms with van der Waals surface area (Å²) in [7, 11) is -3.46. The van der Waals surface area contributed by atoms with Gasteiger partial charge < -0.3 is 9.67 Å². The van der Waals surface area contributed by atoms with Crippen molar-refractivity contribution in [1.82, 2.24) is 0 Å². The molecular formula is C22H18NO2P. The van der Waals surface area contributed by atoms with Crippen LogP contribution in [-0.4, -0.2) is 5.11 Å². The SMILES string of the molecule is N#C/C(=C(\O)Cc1ccccc1)P(=O)(c1ccccc1)c1ccccc1. The van der Waals surface area contributed by atoms with Crippen molar-refractivity contribution >= 4 is 17.8 Å². The number of hydrogen-bond acceptors (Lipinski definition) is 3. The molecule has 0 aromatic heterocycles. The molecule has 3 rings (SSSR count). The van der Waals surface area contributed by atoms with Crippen LogP contribution in [0.1, 0.15) is 5.56 Å². The van der Waals surface area contributed by atoms with Crippen LogP contribution in [0.15, 0.2) is 102 Å². The summed E-state index contributed by atoms with van der Waals surface area (Å²) in [6.07, 6.45) is 0.160. The molecule has 0 aliphatic rings. The van der Waals surface area contributed by atoms with Crippen molar-refractivity contribution in [2.75, 3.05) is 0 Å². The minimum atomic E-state index is -3.46. The van der Waals surface area contributed by atoms with E-state index >= 15 is 0 Å². The van der Waals surface area contributed by atoms with Crippen LogP contribution in [0.4, 0.5) is 0 Å². The molecule has 3 nitrogen and oxygen atoms in total. The lowest BCUT2D eigenvalue weighted by Gasteiger charge is -2.19. The molecule has 0 aliphatic carbocycles. The van der Waals surface area contributed by atoms with Crippen LogP contribution in [0.25, 0.3) is 0 Å². The fourth-order valence-electron chi connectivity index (χ4n) is 2.87. The monoisotopic (exact) mass is 359 g/mol.